The SMILES string of the molecule is CN(C)S(=O)(=O)c1cc(COC2(c3cnccc3-c3ccccc3OC3CC3)CC2)c(Cl)cc1F.CN(C)S(=O)(=O)c1cc(COC2(c3cnccc3-c3ccccc3OC3CC3)CC2)c(Cl)cc1O.COc1ccc(COc2cc(Cl)c(COC3(c4cnccc4-c4ccccc4OC4CC4)CC3)cc2S(=O)(=O)N(C)C)cc1. The Morgan fingerprint density at radius 3 is 1.13 bits per heavy atom. The van der Waals surface area contributed by atoms with E-state index in [1.807, 2.05) is 128 Å². The zero-order valence-corrected chi connectivity index (χ0v) is 68.7. The average molecular weight is 1670 g/mol. The number of aromatic nitrogens is 3. The quantitative estimate of drug-likeness (QED) is 0.0424. The molecule has 3 aromatic heterocycles. The summed E-state index contributed by atoms with van der Waals surface area (Å²) in [6, 6.07) is 45.3. The van der Waals surface area contributed by atoms with Crippen LogP contribution in [0.5, 0.6) is 34.5 Å². The average Bonchev–Trinajstić information content (AvgIpc) is 1.60. The van der Waals surface area contributed by atoms with Crippen molar-refractivity contribution in [1.82, 2.24) is 27.9 Å². The number of phenolic OH excluding ortho intramolecular Hbond substituents is 1. The lowest BCUT2D eigenvalue weighted by Gasteiger charge is -2.23. The Hall–Kier alpha value is -8.80. The number of benzene rings is 7. The molecule has 28 heteroatoms. The number of sulfonamides is 3. The molecule has 16 rings (SSSR count). The molecular formula is C86H88Cl3FN6O15S3. The molecule has 21 nitrogen and oxygen atoms in total. The van der Waals surface area contributed by atoms with E-state index in [0.717, 1.165) is 175 Å². The second-order valence-electron chi connectivity index (χ2n) is 29.7. The zero-order chi connectivity index (χ0) is 80.5. The third-order valence-corrected chi connectivity index (χ3v) is 27.3. The molecule has 0 bridgehead atoms. The maximum Gasteiger partial charge on any atom is 0.246 e. The number of hydrogen-bond acceptors (Lipinski definition) is 18. The first kappa shape index (κ1) is 81.8. The van der Waals surface area contributed by atoms with Crippen molar-refractivity contribution in [2.45, 2.75) is 153 Å². The Bertz CT molecular complexity index is 5360. The number of pyridine rings is 3. The van der Waals surface area contributed by atoms with Crippen LogP contribution in [0.4, 0.5) is 4.39 Å². The molecule has 0 spiro atoms. The largest absolute Gasteiger partial charge is 0.506 e. The second kappa shape index (κ2) is 33.8. The van der Waals surface area contributed by atoms with Crippen LogP contribution in [-0.4, -0.2) is 126 Å². The molecule has 0 atom stereocenters. The third-order valence-electron chi connectivity index (χ3n) is 20.7. The molecular weight excluding hydrogens is 1580 g/mol. The molecule has 0 radical (unpaired) electrons. The van der Waals surface area contributed by atoms with Gasteiger partial charge in [0.05, 0.1) is 62.0 Å². The van der Waals surface area contributed by atoms with Gasteiger partial charge in [0.1, 0.15) is 61.6 Å². The predicted molar refractivity (Wildman–Crippen MR) is 433 cm³/mol. The molecule has 6 fully saturated rings. The van der Waals surface area contributed by atoms with Gasteiger partial charge in [-0.1, -0.05) is 102 Å². The van der Waals surface area contributed by atoms with Gasteiger partial charge in [0.25, 0.3) is 0 Å². The topological polar surface area (TPSA) is 245 Å². The van der Waals surface area contributed by atoms with E-state index in [0.29, 0.717) is 21.7 Å². The molecule has 0 amide bonds. The van der Waals surface area contributed by atoms with E-state index in [-0.39, 0.29) is 70.3 Å². The highest BCUT2D eigenvalue weighted by atomic mass is 35.5. The summed E-state index contributed by atoms with van der Waals surface area (Å²) in [5, 5.41) is 10.9. The maximum atomic E-state index is 14.5. The lowest BCUT2D eigenvalue weighted by Crippen LogP contribution is -2.23. The van der Waals surface area contributed by atoms with Gasteiger partial charge in [0.15, 0.2) is 0 Å². The molecule has 6 aliphatic rings. The Labute approximate surface area is 680 Å². The summed E-state index contributed by atoms with van der Waals surface area (Å²) >= 11 is 19.4. The fourth-order valence-corrected chi connectivity index (χ4v) is 16.8. The number of hydrogen-bond donors (Lipinski definition) is 1. The minimum Gasteiger partial charge on any atom is -0.506 e. The van der Waals surface area contributed by atoms with E-state index in [4.69, 9.17) is 72.7 Å². The lowest BCUT2D eigenvalue weighted by atomic mass is 9.96. The standard InChI is InChI=1S/C34H35ClN2O6S.C26H26ClFN2O4S.C26H27ClN2O5S/c1-37(2)44(38,39)33-18-24(30(35)19-32(33)41-21-23-8-10-25(40-3)11-9-23)22-42-34(15-16-34)29-20-36-17-14-27(29)28-6-4-5-7-31(28)43-26-12-13-26;1-30(2)35(31,32)25-13-17(22(27)14-23(25)28)16-33-26(10-11-26)21-15-29-12-9-19(21)20-5-3-4-6-24(20)34-18-7-8-18;1-29(2)35(31,32)25-13-17(22(27)14-23(25)30)16-33-26(10-11-26)21-15-28-12-9-19(21)20-5-3-4-6-24(20)34-18-7-8-18/h4-11,14,17-20,26H,12-13,15-16,21-22H2,1-3H3;3-6,9,12-15,18H,7-8,10-11,16H2,1-2H3;3-6,9,12-15,18,30H,7-8,10-11,16H2,1-2H3. The molecule has 10 aromatic rings. The first-order valence-electron chi connectivity index (χ1n) is 37.5. The van der Waals surface area contributed by atoms with Crippen molar-refractivity contribution in [1.29, 1.82) is 0 Å². The number of nitrogens with zero attached hydrogens (tertiary/aromatic N) is 6. The van der Waals surface area contributed by atoms with Crippen LogP contribution in [0.25, 0.3) is 33.4 Å². The van der Waals surface area contributed by atoms with Gasteiger partial charge in [0.2, 0.25) is 30.1 Å². The molecule has 114 heavy (non-hydrogen) atoms. The van der Waals surface area contributed by atoms with E-state index >= 15 is 0 Å². The van der Waals surface area contributed by atoms with Crippen LogP contribution in [0.1, 0.15) is 116 Å². The monoisotopic (exact) mass is 1660 g/mol. The zero-order valence-electron chi connectivity index (χ0n) is 64.0. The smallest absolute Gasteiger partial charge is 0.246 e. The number of halogens is 4. The first-order chi connectivity index (χ1) is 54.6. The fourth-order valence-electron chi connectivity index (χ4n) is 13.2. The fraction of sp³-hybridized carbons (Fsp3) is 0.337. The summed E-state index contributed by atoms with van der Waals surface area (Å²) in [7, 11) is -1.56. The van der Waals surface area contributed by atoms with Crippen molar-refractivity contribution in [3.8, 4) is 67.9 Å². The summed E-state index contributed by atoms with van der Waals surface area (Å²) in [4.78, 5) is 12.5. The van der Waals surface area contributed by atoms with Crippen molar-refractivity contribution in [2.24, 2.45) is 0 Å². The number of rotatable bonds is 31. The maximum absolute atomic E-state index is 14.5. The van der Waals surface area contributed by atoms with E-state index in [9.17, 15) is 34.8 Å². The van der Waals surface area contributed by atoms with E-state index < -0.39 is 63.3 Å². The normalized spacial score (nSPS) is 16.4. The summed E-state index contributed by atoms with van der Waals surface area (Å²) in [6.07, 6.45) is 22.8. The van der Waals surface area contributed by atoms with Crippen molar-refractivity contribution in [2.75, 3.05) is 49.4 Å². The number of para-hydroxylation sites is 3. The second-order valence-corrected chi connectivity index (χ2v) is 37.3. The Kier molecular flexibility index (Phi) is 24.2. The molecule has 1 N–H and O–H groups in total. The van der Waals surface area contributed by atoms with Gasteiger partial charge in [-0.2, -0.15) is 0 Å². The number of methoxy groups -OCH3 is 1. The molecule has 6 aliphatic carbocycles. The van der Waals surface area contributed by atoms with Crippen LogP contribution in [0.3, 0.4) is 0 Å². The van der Waals surface area contributed by atoms with E-state index in [1.165, 1.54) is 60.5 Å². The van der Waals surface area contributed by atoms with Crippen LogP contribution < -0.4 is 23.7 Å². The minimum atomic E-state index is -3.97. The summed E-state index contributed by atoms with van der Waals surface area (Å²) in [6.45, 7) is 0.389. The number of ether oxygens (including phenoxy) is 8. The molecule has 6 saturated carbocycles. The van der Waals surface area contributed by atoms with Gasteiger partial charge in [-0.25, -0.2) is 42.6 Å². The highest BCUT2D eigenvalue weighted by Gasteiger charge is 2.51. The van der Waals surface area contributed by atoms with Gasteiger partial charge in [0, 0.05) is 140 Å². The Balaban J connectivity index is 0.000000143. The van der Waals surface area contributed by atoms with Gasteiger partial charge in [-0.05, 0) is 189 Å². The summed E-state index contributed by atoms with van der Waals surface area (Å²) in [5.74, 6) is 2.14. The lowest BCUT2D eigenvalue weighted by molar-refractivity contribution is 0.0171. The summed E-state index contributed by atoms with van der Waals surface area (Å²) in [5.41, 5.74) is 9.43. The number of aromatic hydroxyl groups is 1. The highest BCUT2D eigenvalue weighted by molar-refractivity contribution is 7.89. The van der Waals surface area contributed by atoms with Crippen molar-refractivity contribution in [3.05, 3.63) is 249 Å². The van der Waals surface area contributed by atoms with Gasteiger partial charge < -0.3 is 43.0 Å². The van der Waals surface area contributed by atoms with Crippen LogP contribution in [0, 0.1) is 5.82 Å². The van der Waals surface area contributed by atoms with Crippen LogP contribution in [-0.2, 0) is 87.5 Å². The Morgan fingerprint density at radius 1 is 0.421 bits per heavy atom. The van der Waals surface area contributed by atoms with Crippen molar-refractivity contribution in [3.63, 3.8) is 0 Å². The van der Waals surface area contributed by atoms with Crippen molar-refractivity contribution >= 4 is 64.9 Å². The Morgan fingerprint density at radius 2 is 0.763 bits per heavy atom. The van der Waals surface area contributed by atoms with Crippen LogP contribution >= 0.6 is 34.8 Å². The van der Waals surface area contributed by atoms with E-state index in [1.54, 1.807) is 37.8 Å². The highest BCUT2D eigenvalue weighted by Crippen LogP contribution is 2.57. The molecule has 7 aromatic carbocycles. The molecule has 0 unspecified atom stereocenters. The van der Waals surface area contributed by atoms with E-state index in [2.05, 4.69) is 21.0 Å². The van der Waals surface area contributed by atoms with Gasteiger partial charge in [-0.3, -0.25) is 15.0 Å². The summed E-state index contributed by atoms with van der Waals surface area (Å²) < 4.78 is 144. The first-order valence-corrected chi connectivity index (χ1v) is 43.0. The molecule has 0 aliphatic heterocycles. The van der Waals surface area contributed by atoms with Crippen LogP contribution in [0.2, 0.25) is 15.1 Å². The third kappa shape index (κ3) is 18.4. The minimum absolute atomic E-state index is 0.0251. The molecule has 0 saturated heterocycles. The van der Waals surface area contributed by atoms with Gasteiger partial charge in [-0.15, -0.1) is 0 Å². The van der Waals surface area contributed by atoms with Crippen molar-refractivity contribution < 1.29 is 72.6 Å². The predicted octanol–water partition coefficient (Wildman–Crippen LogP) is 17.6. The van der Waals surface area contributed by atoms with Crippen LogP contribution in [0.15, 0.2) is 204 Å². The van der Waals surface area contributed by atoms with Gasteiger partial charge >= 0.3 is 0 Å². The molecule has 598 valence electrons. The number of phenols is 1. The molecule has 3 heterocycles.